The monoisotopic (exact) mass is 477 g/mol. The van der Waals surface area contributed by atoms with Crippen molar-refractivity contribution in [3.63, 3.8) is 0 Å². The quantitative estimate of drug-likeness (QED) is 0.374. The molecule has 2 atom stereocenters. The van der Waals surface area contributed by atoms with Crippen molar-refractivity contribution in [2.45, 2.75) is 38.3 Å². The van der Waals surface area contributed by atoms with E-state index in [0.29, 0.717) is 28.6 Å². The first-order valence-corrected chi connectivity index (χ1v) is 11.7. The van der Waals surface area contributed by atoms with Crippen LogP contribution in [0.25, 0.3) is 0 Å². The van der Waals surface area contributed by atoms with Gasteiger partial charge in [-0.15, -0.1) is 0 Å². The molecule has 32 heavy (non-hydrogen) atoms. The lowest BCUT2D eigenvalue weighted by atomic mass is 9.90. The Kier molecular flexibility index (Phi) is 8.61. The van der Waals surface area contributed by atoms with Crippen LogP contribution in [0.1, 0.15) is 35.6 Å². The molecule has 172 valence electrons. The normalized spacial score (nSPS) is 13.0. The van der Waals surface area contributed by atoms with E-state index in [0.717, 1.165) is 24.8 Å². The summed E-state index contributed by atoms with van der Waals surface area (Å²) in [6, 6.07) is 7.41. The molecule has 1 aromatic carbocycles. The zero-order chi connectivity index (χ0) is 23.1. The third kappa shape index (κ3) is 6.28. The van der Waals surface area contributed by atoms with Gasteiger partial charge in [-0.05, 0) is 71.0 Å². The van der Waals surface area contributed by atoms with E-state index < -0.39 is 12.1 Å². The number of aliphatic hydroxyl groups excluding tert-OH is 1. The van der Waals surface area contributed by atoms with E-state index in [1.165, 1.54) is 19.8 Å². The van der Waals surface area contributed by atoms with E-state index in [9.17, 15) is 9.90 Å². The molecule has 3 aromatic rings. The second-order valence-corrected chi connectivity index (χ2v) is 8.91. The number of rotatable bonds is 12. The summed E-state index contributed by atoms with van der Waals surface area (Å²) in [5.41, 5.74) is 2.70. The molecule has 2 N–H and O–H groups in total. The number of carbonyl (C=O) groups is 1. The molecule has 3 rings (SSSR count). The molecule has 0 bridgehead atoms. The predicted molar refractivity (Wildman–Crippen MR) is 126 cm³/mol. The average molecular weight is 478 g/mol. The summed E-state index contributed by atoms with van der Waals surface area (Å²) in [4.78, 5) is 11.0. The molecule has 8 heteroatoms. The number of nitrogens with zero attached hydrogens (tertiary/aromatic N) is 1. The first-order valence-electron chi connectivity index (χ1n) is 10.4. The van der Waals surface area contributed by atoms with Gasteiger partial charge < -0.3 is 24.3 Å². The van der Waals surface area contributed by atoms with Crippen molar-refractivity contribution in [2.24, 2.45) is 5.92 Å². The molecule has 0 fully saturated rings. The zero-order valence-electron chi connectivity index (χ0n) is 18.2. The molecule has 1 unspecified atom stereocenters. The summed E-state index contributed by atoms with van der Waals surface area (Å²) in [6.45, 7) is 0.553. The van der Waals surface area contributed by atoms with Gasteiger partial charge in [0.25, 0.3) is 0 Å². The molecule has 0 saturated carbocycles. The summed E-state index contributed by atoms with van der Waals surface area (Å²) in [7, 11) is 3.05. The first-order chi connectivity index (χ1) is 15.4. The second kappa shape index (κ2) is 11.4. The van der Waals surface area contributed by atoms with Crippen molar-refractivity contribution >= 4 is 28.9 Å². The van der Waals surface area contributed by atoms with Crippen molar-refractivity contribution < 1.29 is 24.5 Å². The molecule has 0 aliphatic carbocycles. The Balaban J connectivity index is 1.81. The topological polar surface area (TPSA) is 80.9 Å². The number of aliphatic carboxylic acids is 1. The van der Waals surface area contributed by atoms with Gasteiger partial charge in [-0.1, -0.05) is 11.6 Å². The summed E-state index contributed by atoms with van der Waals surface area (Å²) >= 11 is 7.98. The van der Waals surface area contributed by atoms with Gasteiger partial charge in [0, 0.05) is 24.9 Å². The molecule has 0 spiro atoms. The lowest BCUT2D eigenvalue weighted by Gasteiger charge is -2.25. The molecule has 6 nitrogen and oxygen atoms in total. The number of carboxylic acid groups (broad SMARTS) is 1. The Morgan fingerprint density at radius 1 is 1.19 bits per heavy atom. The Bertz CT molecular complexity index is 992. The van der Waals surface area contributed by atoms with E-state index >= 15 is 0 Å². The average Bonchev–Trinajstić information content (AvgIpc) is 3.44. The van der Waals surface area contributed by atoms with E-state index in [1.54, 1.807) is 29.5 Å². The number of methoxy groups -OCH3 is 2. The number of ether oxygens (including phenoxy) is 2. The fraction of sp³-hybridized carbons (Fsp3) is 0.375. The van der Waals surface area contributed by atoms with Crippen LogP contribution in [-0.2, 0) is 24.2 Å². The highest BCUT2D eigenvalue weighted by atomic mass is 35.5. The number of thiophene rings is 1. The van der Waals surface area contributed by atoms with Crippen LogP contribution in [0.4, 0.5) is 0 Å². The zero-order valence-corrected chi connectivity index (χ0v) is 19.7. The van der Waals surface area contributed by atoms with Gasteiger partial charge in [-0.3, -0.25) is 4.79 Å². The van der Waals surface area contributed by atoms with Gasteiger partial charge >= 0.3 is 5.97 Å². The molecular formula is C24H28ClNO5S. The van der Waals surface area contributed by atoms with Crippen LogP contribution < -0.4 is 9.47 Å². The largest absolute Gasteiger partial charge is 0.495 e. The smallest absolute Gasteiger partial charge is 0.307 e. The molecule has 2 aromatic heterocycles. The van der Waals surface area contributed by atoms with E-state index in [-0.39, 0.29) is 12.3 Å². The van der Waals surface area contributed by atoms with Crippen LogP contribution in [0.5, 0.6) is 11.5 Å². The first kappa shape index (κ1) is 24.2. The number of hydrogen-bond acceptors (Lipinski definition) is 5. The minimum atomic E-state index is -0.865. The van der Waals surface area contributed by atoms with Gasteiger partial charge in [-0.2, -0.15) is 11.3 Å². The highest BCUT2D eigenvalue weighted by molar-refractivity contribution is 7.07. The summed E-state index contributed by atoms with van der Waals surface area (Å²) < 4.78 is 12.7. The molecule has 0 saturated heterocycles. The minimum absolute atomic E-state index is 0.0239. The number of aromatic nitrogens is 1. The van der Waals surface area contributed by atoms with Crippen LogP contribution in [0.3, 0.4) is 0 Å². The predicted octanol–water partition coefficient (Wildman–Crippen LogP) is 5.22. The maximum Gasteiger partial charge on any atom is 0.307 e. The van der Waals surface area contributed by atoms with Crippen LogP contribution in [0, 0.1) is 5.92 Å². The summed E-state index contributed by atoms with van der Waals surface area (Å²) in [6.07, 6.45) is 5.54. The highest BCUT2D eigenvalue weighted by Gasteiger charge is 2.24. The number of aryl methyl sites for hydroxylation is 1. The third-order valence-corrected chi connectivity index (χ3v) is 6.59. The van der Waals surface area contributed by atoms with E-state index in [2.05, 4.69) is 16.8 Å². The van der Waals surface area contributed by atoms with Gasteiger partial charge in [0.2, 0.25) is 0 Å². The highest BCUT2D eigenvalue weighted by Crippen LogP contribution is 2.39. The van der Waals surface area contributed by atoms with Crippen LogP contribution >= 0.6 is 22.9 Å². The molecule has 0 radical (unpaired) electrons. The van der Waals surface area contributed by atoms with Crippen molar-refractivity contribution in [2.75, 3.05) is 14.2 Å². The number of hydrogen-bond donors (Lipinski definition) is 2. The van der Waals surface area contributed by atoms with Crippen molar-refractivity contribution in [1.29, 1.82) is 0 Å². The van der Waals surface area contributed by atoms with Crippen molar-refractivity contribution in [3.8, 4) is 11.5 Å². The van der Waals surface area contributed by atoms with Crippen LogP contribution in [0.2, 0.25) is 5.02 Å². The van der Waals surface area contributed by atoms with Gasteiger partial charge in [0.05, 0.1) is 26.7 Å². The van der Waals surface area contributed by atoms with E-state index in [4.69, 9.17) is 26.2 Å². The summed E-state index contributed by atoms with van der Waals surface area (Å²) in [5.74, 6) is -0.0756. The Labute approximate surface area is 197 Å². The number of benzene rings is 1. The standard InChI is InChI=1S/C24H28ClNO5S/c1-30-20-11-19(12-21(31-2)23(20)25)24(29)18(5-3-4-16-7-9-32-15-16)14-26-8-6-17(13-26)10-22(27)28/h6-9,11-13,15,18,24,29H,3-5,10,14H2,1-2H3,(H,27,28)/t18-,24?/m1/s1. The van der Waals surface area contributed by atoms with Crippen molar-refractivity contribution in [1.82, 2.24) is 4.57 Å². The second-order valence-electron chi connectivity index (χ2n) is 7.76. The van der Waals surface area contributed by atoms with Crippen molar-refractivity contribution in [3.05, 3.63) is 69.1 Å². The maximum atomic E-state index is 11.3. The van der Waals surface area contributed by atoms with E-state index in [1.807, 2.05) is 17.0 Å². The Morgan fingerprint density at radius 3 is 2.50 bits per heavy atom. The lowest BCUT2D eigenvalue weighted by molar-refractivity contribution is -0.136. The molecule has 0 aliphatic heterocycles. The van der Waals surface area contributed by atoms with Gasteiger partial charge in [0.15, 0.2) is 0 Å². The number of aliphatic hydroxyl groups is 1. The molecule has 2 heterocycles. The van der Waals surface area contributed by atoms with Crippen LogP contribution in [-0.4, -0.2) is 35.0 Å². The fourth-order valence-electron chi connectivity index (χ4n) is 3.84. The third-order valence-electron chi connectivity index (χ3n) is 5.49. The SMILES string of the molecule is COc1cc(C(O)[C@H](CCCc2ccsc2)Cn2ccc(CC(=O)O)c2)cc(OC)c1Cl. The summed E-state index contributed by atoms with van der Waals surface area (Å²) in [5, 5.41) is 24.9. The van der Waals surface area contributed by atoms with Crippen LogP contribution in [0.15, 0.2) is 47.4 Å². The number of halogens is 1. The Hall–Kier alpha value is -2.48. The van der Waals surface area contributed by atoms with Gasteiger partial charge in [0.1, 0.15) is 16.5 Å². The molecule has 0 aliphatic rings. The lowest BCUT2D eigenvalue weighted by Crippen LogP contribution is -2.19. The number of carboxylic acids is 1. The van der Waals surface area contributed by atoms with Gasteiger partial charge in [-0.25, -0.2) is 0 Å². The Morgan fingerprint density at radius 2 is 1.91 bits per heavy atom. The molecule has 0 amide bonds. The maximum absolute atomic E-state index is 11.3. The fourth-order valence-corrected chi connectivity index (χ4v) is 4.81. The minimum Gasteiger partial charge on any atom is -0.495 e. The molecular weight excluding hydrogens is 450 g/mol.